The van der Waals surface area contributed by atoms with Crippen molar-refractivity contribution in [1.29, 1.82) is 0 Å². The molecule has 1 atom stereocenters. The summed E-state index contributed by atoms with van der Waals surface area (Å²) in [5.41, 5.74) is 2.46. The fourth-order valence-electron chi connectivity index (χ4n) is 3.29. The molecule has 0 saturated heterocycles. The molecule has 0 fully saturated rings. The molecule has 1 aliphatic rings. The maximum absolute atomic E-state index is 12.8. The molecule has 1 aliphatic heterocycles. The molecule has 6 heteroatoms. The Morgan fingerprint density at radius 3 is 2.54 bits per heavy atom. The number of carbonyl (C=O) groups is 2. The third-order valence-corrected chi connectivity index (χ3v) is 4.65. The smallest absolute Gasteiger partial charge is 0.312 e. The largest absolute Gasteiger partial charge is 0.493 e. The first-order valence-corrected chi connectivity index (χ1v) is 8.32. The number of nitrogens with zero attached hydrogens (tertiary/aromatic N) is 1. The fourth-order valence-corrected chi connectivity index (χ4v) is 3.29. The first-order valence-electron chi connectivity index (χ1n) is 8.32. The summed E-state index contributed by atoms with van der Waals surface area (Å²) < 4.78 is 10.5. The molecule has 0 radical (unpaired) electrons. The molecule has 6 nitrogen and oxygen atoms in total. The number of methoxy groups -OCH3 is 2. The molecule has 1 heterocycles. The van der Waals surface area contributed by atoms with Crippen molar-refractivity contribution >= 4 is 11.9 Å². The van der Waals surface area contributed by atoms with E-state index < -0.39 is 11.9 Å². The molecule has 0 aliphatic carbocycles. The lowest BCUT2D eigenvalue weighted by Crippen LogP contribution is -2.41. The Balaban J connectivity index is 1.79. The van der Waals surface area contributed by atoms with Gasteiger partial charge in [0.05, 0.1) is 26.6 Å². The van der Waals surface area contributed by atoms with Crippen LogP contribution in [0.3, 0.4) is 0 Å². The summed E-state index contributed by atoms with van der Waals surface area (Å²) in [5.74, 6) is -0.569. The number of fused-ring (bicyclic) bond motifs is 1. The van der Waals surface area contributed by atoms with Crippen LogP contribution in [0.4, 0.5) is 0 Å². The molecule has 3 rings (SSSR count). The van der Waals surface area contributed by atoms with Gasteiger partial charge in [0, 0.05) is 13.1 Å². The highest BCUT2D eigenvalue weighted by molar-refractivity contribution is 5.83. The average molecular weight is 355 g/mol. The minimum Gasteiger partial charge on any atom is -0.493 e. The topological polar surface area (TPSA) is 76.1 Å². The second-order valence-electron chi connectivity index (χ2n) is 6.23. The van der Waals surface area contributed by atoms with Crippen LogP contribution in [-0.4, -0.2) is 42.6 Å². The van der Waals surface area contributed by atoms with E-state index in [1.165, 1.54) is 0 Å². The lowest BCUT2D eigenvalue weighted by molar-refractivity contribution is -0.141. The van der Waals surface area contributed by atoms with Crippen molar-refractivity contribution in [3.05, 3.63) is 59.2 Å². The number of carbonyl (C=O) groups excluding carboxylic acids is 1. The maximum Gasteiger partial charge on any atom is 0.312 e. The van der Waals surface area contributed by atoms with E-state index in [2.05, 4.69) is 0 Å². The minimum absolute atomic E-state index is 0.113. The first-order chi connectivity index (χ1) is 12.5. The Kier molecular flexibility index (Phi) is 5.11. The lowest BCUT2D eigenvalue weighted by Gasteiger charge is -2.33. The number of benzene rings is 2. The Bertz CT molecular complexity index is 833. The number of rotatable bonds is 5. The molecule has 2 aromatic rings. The molecule has 1 unspecified atom stereocenters. The molecule has 2 aromatic carbocycles. The zero-order valence-corrected chi connectivity index (χ0v) is 14.8. The summed E-state index contributed by atoms with van der Waals surface area (Å²) >= 11 is 0. The zero-order valence-electron chi connectivity index (χ0n) is 14.8. The SMILES string of the molecule is COc1ccc(CC(=O)N2Cc3ccccc3C(C(=O)O)C2)cc1OC. The van der Waals surface area contributed by atoms with Crippen LogP contribution in [0.5, 0.6) is 11.5 Å². The van der Waals surface area contributed by atoms with Gasteiger partial charge in [-0.05, 0) is 28.8 Å². The van der Waals surface area contributed by atoms with Gasteiger partial charge in [-0.1, -0.05) is 30.3 Å². The number of hydrogen-bond acceptors (Lipinski definition) is 4. The van der Waals surface area contributed by atoms with Gasteiger partial charge in [-0.15, -0.1) is 0 Å². The van der Waals surface area contributed by atoms with Gasteiger partial charge >= 0.3 is 5.97 Å². The highest BCUT2D eigenvalue weighted by Crippen LogP contribution is 2.30. The molecule has 1 amide bonds. The van der Waals surface area contributed by atoms with Crippen molar-refractivity contribution in [3.8, 4) is 11.5 Å². The minimum atomic E-state index is -0.916. The molecule has 0 spiro atoms. The van der Waals surface area contributed by atoms with Gasteiger partial charge in [0.15, 0.2) is 11.5 Å². The number of amides is 1. The predicted molar refractivity (Wildman–Crippen MR) is 95.5 cm³/mol. The van der Waals surface area contributed by atoms with Crippen LogP contribution in [0.2, 0.25) is 0 Å². The van der Waals surface area contributed by atoms with Gasteiger partial charge in [0.2, 0.25) is 5.91 Å². The Morgan fingerprint density at radius 2 is 1.85 bits per heavy atom. The fraction of sp³-hybridized carbons (Fsp3) is 0.300. The van der Waals surface area contributed by atoms with E-state index >= 15 is 0 Å². The van der Waals surface area contributed by atoms with Crippen molar-refractivity contribution in [1.82, 2.24) is 4.90 Å². The van der Waals surface area contributed by atoms with Crippen molar-refractivity contribution < 1.29 is 24.2 Å². The van der Waals surface area contributed by atoms with Crippen molar-refractivity contribution in [3.63, 3.8) is 0 Å². The van der Waals surface area contributed by atoms with Crippen LogP contribution < -0.4 is 9.47 Å². The second kappa shape index (κ2) is 7.47. The van der Waals surface area contributed by atoms with E-state index in [-0.39, 0.29) is 18.9 Å². The summed E-state index contributed by atoms with van der Waals surface area (Å²) in [7, 11) is 3.10. The lowest BCUT2D eigenvalue weighted by atomic mass is 9.89. The van der Waals surface area contributed by atoms with E-state index in [9.17, 15) is 14.7 Å². The van der Waals surface area contributed by atoms with Crippen molar-refractivity contribution in [2.75, 3.05) is 20.8 Å². The Labute approximate surface area is 152 Å². The third-order valence-electron chi connectivity index (χ3n) is 4.65. The first kappa shape index (κ1) is 17.8. The molecule has 0 bridgehead atoms. The van der Waals surface area contributed by atoms with Gasteiger partial charge in [-0.25, -0.2) is 0 Å². The number of hydrogen-bond donors (Lipinski definition) is 1. The average Bonchev–Trinajstić information content (AvgIpc) is 2.66. The van der Waals surface area contributed by atoms with Gasteiger partial charge in [0.1, 0.15) is 0 Å². The summed E-state index contributed by atoms with van der Waals surface area (Å²) in [6.07, 6.45) is 0.175. The van der Waals surface area contributed by atoms with Gasteiger partial charge in [-0.3, -0.25) is 9.59 Å². The van der Waals surface area contributed by atoms with Crippen LogP contribution in [0, 0.1) is 0 Å². The van der Waals surface area contributed by atoms with Crippen molar-refractivity contribution in [2.24, 2.45) is 0 Å². The Morgan fingerprint density at radius 1 is 1.12 bits per heavy atom. The van der Waals surface area contributed by atoms with E-state index in [4.69, 9.17) is 9.47 Å². The predicted octanol–water partition coefficient (Wildman–Crippen LogP) is 2.46. The number of ether oxygens (including phenoxy) is 2. The molecular formula is C20H21NO5. The molecule has 136 valence electrons. The highest BCUT2D eigenvalue weighted by atomic mass is 16.5. The summed E-state index contributed by atoms with van der Waals surface area (Å²) in [5, 5.41) is 9.53. The number of carboxylic acid groups (broad SMARTS) is 1. The second-order valence-corrected chi connectivity index (χ2v) is 6.23. The van der Waals surface area contributed by atoms with Gasteiger partial charge in [-0.2, -0.15) is 0 Å². The molecule has 26 heavy (non-hydrogen) atoms. The van der Waals surface area contributed by atoms with Crippen LogP contribution in [0.25, 0.3) is 0 Å². The molecule has 0 saturated carbocycles. The van der Waals surface area contributed by atoms with E-state index in [0.29, 0.717) is 18.0 Å². The monoisotopic (exact) mass is 355 g/mol. The van der Waals surface area contributed by atoms with E-state index in [1.54, 1.807) is 31.3 Å². The molecular weight excluding hydrogens is 334 g/mol. The molecule has 1 N–H and O–H groups in total. The van der Waals surface area contributed by atoms with Crippen LogP contribution in [-0.2, 0) is 22.6 Å². The third kappa shape index (κ3) is 3.49. The van der Waals surface area contributed by atoms with Crippen LogP contribution in [0.1, 0.15) is 22.6 Å². The summed E-state index contributed by atoms with van der Waals surface area (Å²) in [6, 6.07) is 12.7. The van der Waals surface area contributed by atoms with E-state index in [1.807, 2.05) is 30.3 Å². The maximum atomic E-state index is 12.8. The van der Waals surface area contributed by atoms with Crippen molar-refractivity contribution in [2.45, 2.75) is 18.9 Å². The Hall–Kier alpha value is -3.02. The number of carboxylic acids is 1. The summed E-state index contributed by atoms with van der Waals surface area (Å²) in [4.78, 5) is 26.0. The van der Waals surface area contributed by atoms with Crippen LogP contribution in [0.15, 0.2) is 42.5 Å². The quantitative estimate of drug-likeness (QED) is 0.892. The summed E-state index contributed by atoms with van der Waals surface area (Å²) in [6.45, 7) is 0.602. The van der Waals surface area contributed by atoms with Crippen LogP contribution >= 0.6 is 0 Å². The number of aliphatic carboxylic acids is 1. The van der Waals surface area contributed by atoms with E-state index in [0.717, 1.165) is 16.7 Å². The highest BCUT2D eigenvalue weighted by Gasteiger charge is 2.32. The molecule has 0 aromatic heterocycles. The standard InChI is InChI=1S/C20H21NO5/c1-25-17-8-7-13(9-18(17)26-2)10-19(22)21-11-14-5-3-4-6-15(14)16(12-21)20(23)24/h3-9,16H,10-12H2,1-2H3,(H,23,24). The zero-order chi connectivity index (χ0) is 18.7. The van der Waals surface area contributed by atoms with Gasteiger partial charge in [0.25, 0.3) is 0 Å². The normalized spacial score (nSPS) is 15.9. The van der Waals surface area contributed by atoms with Gasteiger partial charge < -0.3 is 19.5 Å².